The molecule has 4 rings (SSSR count). The number of amides is 2. The van der Waals surface area contributed by atoms with E-state index in [9.17, 15) is 9.59 Å². The molecule has 3 aromatic carbocycles. The van der Waals surface area contributed by atoms with Crippen LogP contribution in [-0.2, 0) is 9.53 Å². The Labute approximate surface area is 203 Å². The Morgan fingerprint density at radius 3 is 2.50 bits per heavy atom. The van der Waals surface area contributed by atoms with E-state index in [-0.39, 0.29) is 11.8 Å². The first-order valence-electron chi connectivity index (χ1n) is 11.1. The number of ether oxygens (including phenoxy) is 2. The van der Waals surface area contributed by atoms with E-state index in [4.69, 9.17) is 21.1 Å². The molecule has 34 heavy (non-hydrogen) atoms. The topological polar surface area (TPSA) is 76.7 Å². The van der Waals surface area contributed by atoms with Gasteiger partial charge in [-0.15, -0.1) is 0 Å². The van der Waals surface area contributed by atoms with Crippen molar-refractivity contribution in [2.24, 2.45) is 0 Å². The zero-order chi connectivity index (χ0) is 23.8. The molecule has 1 aliphatic heterocycles. The standard InChI is InChI=1S/C27H25ClN2O4/c28-21-13-11-20(12-14-21)26(31)30-25(27(32)29-18-24-10-5-15-33-24)17-19-6-4-9-23(16-19)34-22-7-2-1-3-8-22/h1-4,6-9,11-14,16-17,24H,5,10,15,18H2,(H,29,32)(H,30,31)/b25-17+/t24-/m1/s1. The fourth-order valence-electron chi connectivity index (χ4n) is 3.52. The van der Waals surface area contributed by atoms with Crippen molar-refractivity contribution >= 4 is 29.5 Å². The van der Waals surface area contributed by atoms with Crippen molar-refractivity contribution < 1.29 is 19.1 Å². The molecule has 6 nitrogen and oxygen atoms in total. The van der Waals surface area contributed by atoms with E-state index in [1.807, 2.05) is 48.5 Å². The lowest BCUT2D eigenvalue weighted by Crippen LogP contribution is -2.38. The van der Waals surface area contributed by atoms with Gasteiger partial charge >= 0.3 is 0 Å². The Balaban J connectivity index is 1.54. The molecule has 1 aliphatic rings. The number of hydrogen-bond donors (Lipinski definition) is 2. The van der Waals surface area contributed by atoms with Crippen LogP contribution >= 0.6 is 11.6 Å². The summed E-state index contributed by atoms with van der Waals surface area (Å²) in [5, 5.41) is 6.12. The molecule has 0 aromatic heterocycles. The normalized spacial score (nSPS) is 15.6. The van der Waals surface area contributed by atoms with Crippen LogP contribution in [-0.4, -0.2) is 31.1 Å². The number of benzene rings is 3. The number of para-hydroxylation sites is 1. The Kier molecular flexibility index (Phi) is 7.96. The minimum absolute atomic E-state index is 0.0141. The summed E-state index contributed by atoms with van der Waals surface area (Å²) in [6, 6.07) is 23.2. The first-order chi connectivity index (χ1) is 16.6. The van der Waals surface area contributed by atoms with Crippen LogP contribution in [0.1, 0.15) is 28.8 Å². The third-order valence-electron chi connectivity index (χ3n) is 5.26. The molecule has 0 radical (unpaired) electrons. The van der Waals surface area contributed by atoms with E-state index < -0.39 is 11.8 Å². The molecule has 0 bridgehead atoms. The molecule has 3 aromatic rings. The van der Waals surface area contributed by atoms with Crippen LogP contribution in [0.5, 0.6) is 11.5 Å². The van der Waals surface area contributed by atoms with E-state index in [1.165, 1.54) is 0 Å². The molecule has 1 fully saturated rings. The lowest BCUT2D eigenvalue weighted by Gasteiger charge is -2.14. The van der Waals surface area contributed by atoms with Gasteiger partial charge in [-0.1, -0.05) is 41.9 Å². The summed E-state index contributed by atoms with van der Waals surface area (Å²) in [7, 11) is 0. The van der Waals surface area contributed by atoms with Gasteiger partial charge in [-0.05, 0) is 73.0 Å². The van der Waals surface area contributed by atoms with Crippen LogP contribution in [0.4, 0.5) is 0 Å². The Morgan fingerprint density at radius 1 is 1.00 bits per heavy atom. The molecule has 0 aliphatic carbocycles. The zero-order valence-corrected chi connectivity index (χ0v) is 19.3. The van der Waals surface area contributed by atoms with Crippen LogP contribution in [0.15, 0.2) is 84.6 Å². The highest BCUT2D eigenvalue weighted by atomic mass is 35.5. The molecule has 174 valence electrons. The molecule has 2 amide bonds. The quantitative estimate of drug-likeness (QED) is 0.438. The van der Waals surface area contributed by atoms with Gasteiger partial charge in [0.25, 0.3) is 11.8 Å². The maximum Gasteiger partial charge on any atom is 0.267 e. The molecule has 1 atom stereocenters. The molecule has 0 unspecified atom stereocenters. The molecule has 0 saturated carbocycles. The van der Waals surface area contributed by atoms with Gasteiger partial charge in [0.15, 0.2) is 0 Å². The van der Waals surface area contributed by atoms with Gasteiger partial charge in [0, 0.05) is 23.7 Å². The molecule has 2 N–H and O–H groups in total. The van der Waals surface area contributed by atoms with Crippen molar-refractivity contribution in [2.45, 2.75) is 18.9 Å². The highest BCUT2D eigenvalue weighted by Crippen LogP contribution is 2.23. The third kappa shape index (κ3) is 6.70. The summed E-state index contributed by atoms with van der Waals surface area (Å²) in [6.45, 7) is 1.08. The van der Waals surface area contributed by atoms with Gasteiger partial charge in [0.2, 0.25) is 0 Å². The summed E-state index contributed by atoms with van der Waals surface area (Å²) >= 11 is 5.93. The third-order valence-corrected chi connectivity index (χ3v) is 5.51. The van der Waals surface area contributed by atoms with Gasteiger partial charge in [0.05, 0.1) is 6.10 Å². The van der Waals surface area contributed by atoms with Crippen molar-refractivity contribution in [1.82, 2.24) is 10.6 Å². The Bertz CT molecular complexity index is 1160. The predicted molar refractivity (Wildman–Crippen MR) is 132 cm³/mol. The van der Waals surface area contributed by atoms with Crippen molar-refractivity contribution in [3.63, 3.8) is 0 Å². The SMILES string of the molecule is O=C(NC[C@H]1CCCO1)/C(=C\c1cccc(Oc2ccccc2)c1)NC(=O)c1ccc(Cl)cc1. The van der Waals surface area contributed by atoms with Crippen molar-refractivity contribution in [3.8, 4) is 11.5 Å². The number of rotatable bonds is 8. The monoisotopic (exact) mass is 476 g/mol. The van der Waals surface area contributed by atoms with Crippen molar-refractivity contribution in [1.29, 1.82) is 0 Å². The fourth-order valence-corrected chi connectivity index (χ4v) is 3.65. The van der Waals surface area contributed by atoms with Crippen molar-refractivity contribution in [3.05, 3.63) is 101 Å². The van der Waals surface area contributed by atoms with Crippen LogP contribution in [0.3, 0.4) is 0 Å². The molecular formula is C27H25ClN2O4. The molecule has 1 saturated heterocycles. The maximum atomic E-state index is 13.0. The molecule has 0 spiro atoms. The average molecular weight is 477 g/mol. The van der Waals surface area contributed by atoms with Crippen LogP contribution in [0.2, 0.25) is 5.02 Å². The second kappa shape index (κ2) is 11.5. The first-order valence-corrected chi connectivity index (χ1v) is 11.5. The van der Waals surface area contributed by atoms with Crippen LogP contribution < -0.4 is 15.4 Å². The minimum Gasteiger partial charge on any atom is -0.457 e. The van der Waals surface area contributed by atoms with Gasteiger partial charge in [-0.2, -0.15) is 0 Å². The number of carbonyl (C=O) groups excluding carboxylic acids is 2. The smallest absolute Gasteiger partial charge is 0.267 e. The molecule has 7 heteroatoms. The van der Waals surface area contributed by atoms with E-state index in [2.05, 4.69) is 10.6 Å². The van der Waals surface area contributed by atoms with Crippen molar-refractivity contribution in [2.75, 3.05) is 13.2 Å². The first kappa shape index (κ1) is 23.5. The summed E-state index contributed by atoms with van der Waals surface area (Å²) in [5.74, 6) is 0.511. The second-order valence-electron chi connectivity index (χ2n) is 7.85. The van der Waals surface area contributed by atoms with Crippen LogP contribution in [0, 0.1) is 0 Å². The maximum absolute atomic E-state index is 13.0. The predicted octanol–water partition coefficient (Wildman–Crippen LogP) is 5.20. The largest absolute Gasteiger partial charge is 0.457 e. The average Bonchev–Trinajstić information content (AvgIpc) is 3.37. The highest BCUT2D eigenvalue weighted by Gasteiger charge is 2.19. The number of halogens is 1. The number of carbonyl (C=O) groups is 2. The summed E-state index contributed by atoms with van der Waals surface area (Å²) in [6.07, 6.45) is 3.48. The van der Waals surface area contributed by atoms with E-state index >= 15 is 0 Å². The van der Waals surface area contributed by atoms with Gasteiger partial charge < -0.3 is 20.1 Å². The Hall–Kier alpha value is -3.61. The Morgan fingerprint density at radius 2 is 1.76 bits per heavy atom. The summed E-state index contributed by atoms with van der Waals surface area (Å²) in [4.78, 5) is 25.8. The molecular weight excluding hydrogens is 452 g/mol. The van der Waals surface area contributed by atoms with Gasteiger partial charge in [-0.25, -0.2) is 0 Å². The van der Waals surface area contributed by atoms with E-state index in [0.717, 1.165) is 12.8 Å². The van der Waals surface area contributed by atoms with Gasteiger partial charge in [0.1, 0.15) is 17.2 Å². The second-order valence-corrected chi connectivity index (χ2v) is 8.29. The van der Waals surface area contributed by atoms with E-state index in [0.29, 0.717) is 40.8 Å². The van der Waals surface area contributed by atoms with Crippen LogP contribution in [0.25, 0.3) is 6.08 Å². The van der Waals surface area contributed by atoms with Gasteiger partial charge in [-0.3, -0.25) is 9.59 Å². The lowest BCUT2D eigenvalue weighted by atomic mass is 10.1. The highest BCUT2D eigenvalue weighted by molar-refractivity contribution is 6.30. The summed E-state index contributed by atoms with van der Waals surface area (Å²) < 4.78 is 11.5. The lowest BCUT2D eigenvalue weighted by molar-refractivity contribution is -0.118. The van der Waals surface area contributed by atoms with E-state index in [1.54, 1.807) is 36.4 Å². The number of nitrogens with one attached hydrogen (secondary N) is 2. The molecule has 1 heterocycles. The number of hydrogen-bond acceptors (Lipinski definition) is 4. The summed E-state index contributed by atoms with van der Waals surface area (Å²) in [5.41, 5.74) is 1.21. The zero-order valence-electron chi connectivity index (χ0n) is 18.5. The minimum atomic E-state index is -0.410. The fraction of sp³-hybridized carbons (Fsp3) is 0.185.